The van der Waals surface area contributed by atoms with Crippen LogP contribution in [-0.4, -0.2) is 60.9 Å². The fraction of sp³-hybridized carbons (Fsp3) is 0.310. The van der Waals surface area contributed by atoms with Crippen molar-refractivity contribution in [2.24, 2.45) is 0 Å². The highest BCUT2D eigenvalue weighted by molar-refractivity contribution is 6.02. The molecule has 0 saturated carbocycles. The van der Waals surface area contributed by atoms with Crippen LogP contribution in [0.15, 0.2) is 84.9 Å². The van der Waals surface area contributed by atoms with Gasteiger partial charge in [0.1, 0.15) is 0 Å². The average molecular weight is 469 g/mol. The molecule has 3 aromatic rings. The maximum Gasteiger partial charge on any atom is 0.238 e. The van der Waals surface area contributed by atoms with E-state index in [0.717, 1.165) is 38.3 Å². The molecule has 0 unspecified atom stereocenters. The highest BCUT2D eigenvalue weighted by Crippen LogP contribution is 2.31. The first-order valence-electron chi connectivity index (χ1n) is 12.4. The number of hydrogen-bond donors (Lipinski definition) is 1. The summed E-state index contributed by atoms with van der Waals surface area (Å²) in [5.74, 6) is 0.0782. The highest BCUT2D eigenvalue weighted by Gasteiger charge is 2.28. The van der Waals surface area contributed by atoms with Crippen molar-refractivity contribution in [1.82, 2.24) is 9.80 Å². The maximum atomic E-state index is 12.9. The Labute approximate surface area is 207 Å². The molecule has 35 heavy (non-hydrogen) atoms. The fourth-order valence-electron chi connectivity index (χ4n) is 5.17. The van der Waals surface area contributed by atoms with Gasteiger partial charge in [-0.05, 0) is 29.7 Å². The Morgan fingerprint density at radius 1 is 0.771 bits per heavy atom. The molecule has 0 radical (unpaired) electrons. The number of rotatable bonds is 7. The van der Waals surface area contributed by atoms with Gasteiger partial charge in [-0.25, -0.2) is 0 Å². The summed E-state index contributed by atoms with van der Waals surface area (Å²) in [6.07, 6.45) is 1.43. The lowest BCUT2D eigenvalue weighted by atomic mass is 9.96. The van der Waals surface area contributed by atoms with Crippen LogP contribution in [0, 0.1) is 0 Å². The molecule has 3 aromatic carbocycles. The molecule has 2 aliphatic rings. The van der Waals surface area contributed by atoms with Gasteiger partial charge in [0.05, 0.1) is 24.0 Å². The number of hydrogen-bond acceptors (Lipinski definition) is 4. The third-order valence-electron chi connectivity index (χ3n) is 6.91. The zero-order valence-corrected chi connectivity index (χ0v) is 20.0. The number of nitrogens with one attached hydrogen (secondary N) is 1. The summed E-state index contributed by atoms with van der Waals surface area (Å²) in [4.78, 5) is 31.6. The van der Waals surface area contributed by atoms with Gasteiger partial charge >= 0.3 is 0 Å². The first-order chi connectivity index (χ1) is 17.2. The van der Waals surface area contributed by atoms with Crippen LogP contribution in [-0.2, 0) is 9.59 Å². The molecule has 180 valence electrons. The molecule has 0 spiro atoms. The fourth-order valence-corrected chi connectivity index (χ4v) is 5.17. The first-order valence-corrected chi connectivity index (χ1v) is 12.4. The molecule has 2 heterocycles. The molecule has 2 saturated heterocycles. The Morgan fingerprint density at radius 2 is 1.37 bits per heavy atom. The predicted molar refractivity (Wildman–Crippen MR) is 139 cm³/mol. The van der Waals surface area contributed by atoms with Gasteiger partial charge in [0.15, 0.2) is 0 Å². The summed E-state index contributed by atoms with van der Waals surface area (Å²) in [6.45, 7) is 4.49. The Kier molecular flexibility index (Phi) is 7.21. The van der Waals surface area contributed by atoms with E-state index in [-0.39, 0.29) is 17.9 Å². The average Bonchev–Trinajstić information content (AvgIpc) is 3.32. The van der Waals surface area contributed by atoms with Crippen molar-refractivity contribution in [2.75, 3.05) is 49.5 Å². The van der Waals surface area contributed by atoms with Gasteiger partial charge in [0.25, 0.3) is 0 Å². The van der Waals surface area contributed by atoms with Crippen LogP contribution in [0.2, 0.25) is 0 Å². The smallest absolute Gasteiger partial charge is 0.238 e. The molecule has 2 amide bonds. The third-order valence-corrected chi connectivity index (χ3v) is 6.91. The van der Waals surface area contributed by atoms with Crippen LogP contribution in [0.4, 0.5) is 11.4 Å². The Morgan fingerprint density at radius 3 is 1.97 bits per heavy atom. The van der Waals surface area contributed by atoms with Gasteiger partial charge in [-0.3, -0.25) is 19.4 Å². The monoisotopic (exact) mass is 468 g/mol. The minimum atomic E-state index is -0.0415. The number of amides is 2. The van der Waals surface area contributed by atoms with Crippen LogP contribution < -0.4 is 10.2 Å². The molecular formula is C29H32N4O2. The van der Waals surface area contributed by atoms with Crippen molar-refractivity contribution < 1.29 is 9.59 Å². The van der Waals surface area contributed by atoms with Gasteiger partial charge < -0.3 is 10.2 Å². The molecule has 0 atom stereocenters. The topological polar surface area (TPSA) is 55.9 Å². The molecule has 2 aliphatic heterocycles. The summed E-state index contributed by atoms with van der Waals surface area (Å²) in [5, 5.41) is 3.05. The second kappa shape index (κ2) is 10.8. The molecule has 2 fully saturated rings. The van der Waals surface area contributed by atoms with E-state index >= 15 is 0 Å². The van der Waals surface area contributed by atoms with Gasteiger partial charge in [-0.1, -0.05) is 72.8 Å². The molecular weight excluding hydrogens is 436 g/mol. The van der Waals surface area contributed by atoms with Crippen molar-refractivity contribution in [3.63, 3.8) is 0 Å². The highest BCUT2D eigenvalue weighted by atomic mass is 16.2. The van der Waals surface area contributed by atoms with Crippen LogP contribution in [0.1, 0.15) is 30.0 Å². The normalized spacial score (nSPS) is 17.2. The van der Waals surface area contributed by atoms with E-state index in [4.69, 9.17) is 0 Å². The second-order valence-corrected chi connectivity index (χ2v) is 9.25. The largest absolute Gasteiger partial charge is 0.323 e. The van der Waals surface area contributed by atoms with Crippen LogP contribution in [0.5, 0.6) is 0 Å². The van der Waals surface area contributed by atoms with E-state index in [1.807, 2.05) is 24.3 Å². The number of nitrogens with zero attached hydrogens (tertiary/aromatic N) is 3. The van der Waals surface area contributed by atoms with Crippen molar-refractivity contribution in [1.29, 1.82) is 0 Å². The van der Waals surface area contributed by atoms with E-state index < -0.39 is 0 Å². The van der Waals surface area contributed by atoms with Crippen LogP contribution in [0.3, 0.4) is 0 Å². The summed E-state index contributed by atoms with van der Waals surface area (Å²) < 4.78 is 0. The van der Waals surface area contributed by atoms with Crippen molar-refractivity contribution >= 4 is 23.2 Å². The lowest BCUT2D eigenvalue weighted by Gasteiger charge is -2.39. The van der Waals surface area contributed by atoms with E-state index in [0.29, 0.717) is 25.2 Å². The molecule has 1 N–H and O–H groups in total. The molecule has 6 nitrogen and oxygen atoms in total. The minimum Gasteiger partial charge on any atom is -0.323 e. The van der Waals surface area contributed by atoms with Gasteiger partial charge in [-0.15, -0.1) is 0 Å². The Hall–Kier alpha value is -3.48. The van der Waals surface area contributed by atoms with E-state index in [9.17, 15) is 9.59 Å². The minimum absolute atomic E-state index is 0.0415. The first kappa shape index (κ1) is 23.3. The predicted octanol–water partition coefficient (Wildman–Crippen LogP) is 4.16. The molecule has 0 bridgehead atoms. The van der Waals surface area contributed by atoms with E-state index in [1.165, 1.54) is 11.1 Å². The molecule has 0 aliphatic carbocycles. The lowest BCUT2D eigenvalue weighted by Crippen LogP contribution is -2.49. The Balaban J connectivity index is 1.21. The lowest BCUT2D eigenvalue weighted by molar-refractivity contribution is -0.118. The number of piperazine rings is 1. The maximum absolute atomic E-state index is 12.9. The SMILES string of the molecule is O=C(CN1CCN(C(c2ccccc2)c2ccccc2)CC1)Nc1ccccc1N1CCCC1=O. The number of carbonyl (C=O) groups is 2. The summed E-state index contributed by atoms with van der Waals surface area (Å²) in [7, 11) is 0. The molecule has 6 heteroatoms. The zero-order valence-electron chi connectivity index (χ0n) is 20.0. The van der Waals surface area contributed by atoms with Crippen molar-refractivity contribution in [3.05, 3.63) is 96.1 Å². The van der Waals surface area contributed by atoms with Crippen LogP contribution in [0.25, 0.3) is 0 Å². The summed E-state index contributed by atoms with van der Waals surface area (Å²) >= 11 is 0. The standard InChI is InChI=1S/C29H32N4O2/c34-27(30-25-14-7-8-15-26(25)33-17-9-16-28(33)35)22-31-18-20-32(21-19-31)29(23-10-3-1-4-11-23)24-12-5-2-6-13-24/h1-8,10-15,29H,9,16-22H2,(H,30,34). The number of carbonyl (C=O) groups excluding carboxylic acids is 2. The van der Waals surface area contributed by atoms with E-state index in [1.54, 1.807) is 4.90 Å². The van der Waals surface area contributed by atoms with E-state index in [2.05, 4.69) is 75.8 Å². The number of para-hydroxylation sites is 2. The quantitative estimate of drug-likeness (QED) is 0.566. The molecule has 5 rings (SSSR count). The third kappa shape index (κ3) is 5.45. The Bertz CT molecular complexity index is 1100. The van der Waals surface area contributed by atoms with Crippen molar-refractivity contribution in [2.45, 2.75) is 18.9 Å². The van der Waals surface area contributed by atoms with Crippen LogP contribution >= 0.6 is 0 Å². The zero-order chi connectivity index (χ0) is 24.0. The van der Waals surface area contributed by atoms with Gasteiger partial charge in [0, 0.05) is 39.1 Å². The van der Waals surface area contributed by atoms with Gasteiger partial charge in [-0.2, -0.15) is 0 Å². The second-order valence-electron chi connectivity index (χ2n) is 9.25. The number of anilines is 2. The summed E-state index contributed by atoms with van der Waals surface area (Å²) in [5.41, 5.74) is 4.08. The van der Waals surface area contributed by atoms with Gasteiger partial charge in [0.2, 0.25) is 11.8 Å². The van der Waals surface area contributed by atoms with Crippen molar-refractivity contribution in [3.8, 4) is 0 Å². The number of benzene rings is 3. The molecule has 0 aromatic heterocycles. The summed E-state index contributed by atoms with van der Waals surface area (Å²) in [6, 6.07) is 29.1.